The number of aldehydes is 1. The Labute approximate surface area is 119 Å². The Kier molecular flexibility index (Phi) is 4.32. The number of ether oxygens (including phenoxy) is 1. The van der Waals surface area contributed by atoms with Gasteiger partial charge in [-0.25, -0.2) is 0 Å². The van der Waals surface area contributed by atoms with Crippen LogP contribution in [-0.2, 0) is 6.61 Å². The van der Waals surface area contributed by atoms with E-state index in [1.165, 1.54) is 0 Å². The Morgan fingerprint density at radius 3 is 2.58 bits per heavy atom. The summed E-state index contributed by atoms with van der Waals surface area (Å²) in [5.41, 5.74) is 2.14. The standard InChI is InChI=1S/C15H10BrNO2/c16-15-6-5-14(7-13(15)9-18)19-10-12-3-1-11(8-17)2-4-12/h1-7,9H,10H2. The predicted molar refractivity (Wildman–Crippen MR) is 75.0 cm³/mol. The van der Waals surface area contributed by atoms with E-state index in [-0.39, 0.29) is 0 Å². The first kappa shape index (κ1) is 13.3. The number of hydrogen-bond donors (Lipinski definition) is 0. The van der Waals surface area contributed by atoms with E-state index in [0.29, 0.717) is 23.5 Å². The van der Waals surface area contributed by atoms with Gasteiger partial charge in [0, 0.05) is 10.0 Å². The van der Waals surface area contributed by atoms with Gasteiger partial charge in [0.05, 0.1) is 11.6 Å². The van der Waals surface area contributed by atoms with E-state index in [0.717, 1.165) is 16.3 Å². The third-order valence-electron chi connectivity index (χ3n) is 2.58. The van der Waals surface area contributed by atoms with Crippen LogP contribution in [-0.4, -0.2) is 6.29 Å². The molecular formula is C15H10BrNO2. The molecule has 0 aliphatic heterocycles. The Hall–Kier alpha value is -2.12. The van der Waals surface area contributed by atoms with Gasteiger partial charge in [0.1, 0.15) is 12.4 Å². The topological polar surface area (TPSA) is 50.1 Å². The van der Waals surface area contributed by atoms with E-state index < -0.39 is 0 Å². The normalized spacial score (nSPS) is 9.68. The van der Waals surface area contributed by atoms with Crippen LogP contribution in [0, 0.1) is 11.3 Å². The van der Waals surface area contributed by atoms with Gasteiger partial charge >= 0.3 is 0 Å². The second-order valence-electron chi connectivity index (χ2n) is 3.90. The van der Waals surface area contributed by atoms with Crippen LogP contribution in [0.2, 0.25) is 0 Å². The molecule has 0 aliphatic carbocycles. The molecule has 0 aromatic heterocycles. The minimum atomic E-state index is 0.394. The summed E-state index contributed by atoms with van der Waals surface area (Å²) in [7, 11) is 0. The molecule has 0 amide bonds. The van der Waals surface area contributed by atoms with E-state index in [4.69, 9.17) is 10.00 Å². The smallest absolute Gasteiger partial charge is 0.151 e. The van der Waals surface area contributed by atoms with Crippen molar-refractivity contribution < 1.29 is 9.53 Å². The van der Waals surface area contributed by atoms with Gasteiger partial charge in [-0.05, 0) is 35.9 Å². The fraction of sp³-hybridized carbons (Fsp3) is 0.0667. The molecule has 2 aromatic carbocycles. The van der Waals surface area contributed by atoms with Crippen molar-refractivity contribution in [3.8, 4) is 11.8 Å². The molecular weight excluding hydrogens is 306 g/mol. The highest BCUT2D eigenvalue weighted by molar-refractivity contribution is 9.10. The van der Waals surface area contributed by atoms with Gasteiger partial charge in [-0.1, -0.05) is 28.1 Å². The second-order valence-corrected chi connectivity index (χ2v) is 4.75. The summed E-state index contributed by atoms with van der Waals surface area (Å²) in [5, 5.41) is 8.70. The first-order valence-corrected chi connectivity index (χ1v) is 6.39. The highest BCUT2D eigenvalue weighted by Gasteiger charge is 2.02. The van der Waals surface area contributed by atoms with E-state index >= 15 is 0 Å². The Balaban J connectivity index is 2.05. The van der Waals surface area contributed by atoms with Gasteiger partial charge in [-0.2, -0.15) is 5.26 Å². The SMILES string of the molecule is N#Cc1ccc(COc2ccc(Br)c(C=O)c2)cc1. The largest absolute Gasteiger partial charge is 0.489 e. The van der Waals surface area contributed by atoms with Gasteiger partial charge in [0.25, 0.3) is 0 Å². The maximum absolute atomic E-state index is 10.8. The molecule has 0 radical (unpaired) electrons. The molecule has 4 heteroatoms. The zero-order chi connectivity index (χ0) is 13.7. The van der Waals surface area contributed by atoms with Gasteiger partial charge in [0.2, 0.25) is 0 Å². The first-order valence-electron chi connectivity index (χ1n) is 5.59. The highest BCUT2D eigenvalue weighted by atomic mass is 79.9. The highest BCUT2D eigenvalue weighted by Crippen LogP contribution is 2.22. The van der Waals surface area contributed by atoms with Crippen molar-refractivity contribution in [2.45, 2.75) is 6.61 Å². The third kappa shape index (κ3) is 3.43. The number of nitrogens with zero attached hydrogens (tertiary/aromatic N) is 1. The number of carbonyl (C=O) groups is 1. The average Bonchev–Trinajstić information content (AvgIpc) is 2.47. The van der Waals surface area contributed by atoms with E-state index in [9.17, 15) is 4.79 Å². The van der Waals surface area contributed by atoms with Crippen molar-refractivity contribution in [1.29, 1.82) is 5.26 Å². The van der Waals surface area contributed by atoms with Crippen LogP contribution < -0.4 is 4.74 Å². The van der Waals surface area contributed by atoms with Crippen LogP contribution in [0.5, 0.6) is 5.75 Å². The Morgan fingerprint density at radius 2 is 1.95 bits per heavy atom. The maximum atomic E-state index is 10.8. The van der Waals surface area contributed by atoms with E-state index in [1.807, 2.05) is 12.1 Å². The van der Waals surface area contributed by atoms with Crippen molar-refractivity contribution in [1.82, 2.24) is 0 Å². The molecule has 0 unspecified atom stereocenters. The van der Waals surface area contributed by atoms with Crippen molar-refractivity contribution in [3.63, 3.8) is 0 Å². The summed E-state index contributed by atoms with van der Waals surface area (Å²) in [4.78, 5) is 10.8. The van der Waals surface area contributed by atoms with Gasteiger partial charge in [-0.15, -0.1) is 0 Å². The number of nitriles is 1. The summed E-state index contributed by atoms with van der Waals surface area (Å²) in [5.74, 6) is 0.634. The van der Waals surface area contributed by atoms with Gasteiger partial charge in [0.15, 0.2) is 6.29 Å². The van der Waals surface area contributed by atoms with Crippen molar-refractivity contribution >= 4 is 22.2 Å². The molecule has 0 fully saturated rings. The Morgan fingerprint density at radius 1 is 1.21 bits per heavy atom. The van der Waals surface area contributed by atoms with Crippen LogP contribution in [0.4, 0.5) is 0 Å². The van der Waals surface area contributed by atoms with Crippen molar-refractivity contribution in [2.24, 2.45) is 0 Å². The van der Waals surface area contributed by atoms with Crippen molar-refractivity contribution in [2.75, 3.05) is 0 Å². The fourth-order valence-corrected chi connectivity index (χ4v) is 1.88. The average molecular weight is 316 g/mol. The number of halogens is 1. The van der Waals surface area contributed by atoms with E-state index in [1.54, 1.807) is 30.3 Å². The lowest BCUT2D eigenvalue weighted by atomic mass is 10.1. The predicted octanol–water partition coefficient (Wildman–Crippen LogP) is 3.71. The number of benzene rings is 2. The molecule has 0 heterocycles. The lowest BCUT2D eigenvalue weighted by molar-refractivity contribution is 0.112. The first-order chi connectivity index (χ1) is 9.22. The molecule has 2 rings (SSSR count). The molecule has 0 spiro atoms. The summed E-state index contributed by atoms with van der Waals surface area (Å²) < 4.78 is 6.34. The lowest BCUT2D eigenvalue weighted by Gasteiger charge is -2.07. The lowest BCUT2D eigenvalue weighted by Crippen LogP contribution is -1.96. The fourth-order valence-electron chi connectivity index (χ4n) is 1.54. The van der Waals surface area contributed by atoms with Crippen LogP contribution in [0.25, 0.3) is 0 Å². The van der Waals surface area contributed by atoms with Crippen LogP contribution in [0.3, 0.4) is 0 Å². The third-order valence-corrected chi connectivity index (χ3v) is 3.31. The molecule has 0 aliphatic rings. The summed E-state index contributed by atoms with van der Waals surface area (Å²) in [6, 6.07) is 14.5. The van der Waals surface area contributed by atoms with Gasteiger partial charge in [-0.3, -0.25) is 4.79 Å². The van der Waals surface area contributed by atoms with Crippen LogP contribution in [0.1, 0.15) is 21.5 Å². The van der Waals surface area contributed by atoms with Gasteiger partial charge < -0.3 is 4.74 Å². The molecule has 0 N–H and O–H groups in total. The second kappa shape index (κ2) is 6.17. The van der Waals surface area contributed by atoms with Crippen molar-refractivity contribution in [3.05, 3.63) is 63.6 Å². The quantitative estimate of drug-likeness (QED) is 0.808. The maximum Gasteiger partial charge on any atom is 0.151 e. The molecule has 0 atom stereocenters. The summed E-state index contributed by atoms with van der Waals surface area (Å²) in [6.45, 7) is 0.394. The zero-order valence-electron chi connectivity index (χ0n) is 9.97. The summed E-state index contributed by atoms with van der Waals surface area (Å²) in [6.07, 6.45) is 0.776. The van der Waals surface area contributed by atoms with Crippen LogP contribution >= 0.6 is 15.9 Å². The minimum absolute atomic E-state index is 0.394. The number of carbonyl (C=O) groups excluding carboxylic acids is 1. The van der Waals surface area contributed by atoms with Crippen LogP contribution in [0.15, 0.2) is 46.9 Å². The number of rotatable bonds is 4. The molecule has 0 saturated heterocycles. The summed E-state index contributed by atoms with van der Waals surface area (Å²) >= 11 is 3.29. The van der Waals surface area contributed by atoms with E-state index in [2.05, 4.69) is 22.0 Å². The Bertz CT molecular complexity index is 630. The molecule has 0 saturated carbocycles. The molecule has 94 valence electrons. The molecule has 19 heavy (non-hydrogen) atoms. The molecule has 2 aromatic rings. The zero-order valence-corrected chi connectivity index (χ0v) is 11.6. The molecule has 3 nitrogen and oxygen atoms in total. The molecule has 0 bridgehead atoms. The minimum Gasteiger partial charge on any atom is -0.489 e. The monoisotopic (exact) mass is 315 g/mol. The number of hydrogen-bond acceptors (Lipinski definition) is 3.